The van der Waals surface area contributed by atoms with Crippen molar-refractivity contribution in [2.24, 2.45) is 0 Å². The van der Waals surface area contributed by atoms with Crippen LogP contribution in [0.5, 0.6) is 17.2 Å². The molecule has 2 aromatic carbocycles. The van der Waals surface area contributed by atoms with E-state index in [1.165, 1.54) is 11.1 Å². The highest BCUT2D eigenvalue weighted by Gasteiger charge is 2.22. The number of benzene rings is 2. The molecule has 0 atom stereocenters. The number of urea groups is 1. The molecule has 7 nitrogen and oxygen atoms in total. The lowest BCUT2D eigenvalue weighted by Crippen LogP contribution is -2.51. The van der Waals surface area contributed by atoms with Crippen LogP contribution in [0.4, 0.5) is 4.79 Å². The molecule has 0 aliphatic carbocycles. The molecule has 2 amide bonds. The van der Waals surface area contributed by atoms with Crippen LogP contribution in [0.3, 0.4) is 0 Å². The molecule has 2 aliphatic rings. The van der Waals surface area contributed by atoms with Crippen LogP contribution in [0.2, 0.25) is 0 Å². The summed E-state index contributed by atoms with van der Waals surface area (Å²) < 4.78 is 17.7. The Morgan fingerprint density at radius 2 is 1.82 bits per heavy atom. The molecule has 184 valence electrons. The Bertz CT molecular complexity index is 1000. The number of rotatable bonds is 7. The second kappa shape index (κ2) is 10.9. The SMILES string of the molecule is CC(C)(C)c1ccc(OCCCNC(=O)N2CCN(Cc3ccc4c(c3)OCO4)CC2)c(Br)c1. The average molecular weight is 532 g/mol. The summed E-state index contributed by atoms with van der Waals surface area (Å²) in [5.41, 5.74) is 2.56. The first-order chi connectivity index (χ1) is 16.3. The molecule has 34 heavy (non-hydrogen) atoms. The van der Waals surface area contributed by atoms with Crippen LogP contribution in [0.15, 0.2) is 40.9 Å². The number of hydrogen-bond donors (Lipinski definition) is 1. The number of carbonyl (C=O) groups is 1. The maximum Gasteiger partial charge on any atom is 0.317 e. The van der Waals surface area contributed by atoms with Crippen LogP contribution in [0, 0.1) is 0 Å². The van der Waals surface area contributed by atoms with E-state index in [4.69, 9.17) is 14.2 Å². The van der Waals surface area contributed by atoms with Gasteiger partial charge in [0.15, 0.2) is 11.5 Å². The summed E-state index contributed by atoms with van der Waals surface area (Å²) in [6, 6.07) is 12.3. The lowest BCUT2D eigenvalue weighted by molar-refractivity contribution is 0.135. The Kier molecular flexibility index (Phi) is 7.88. The molecule has 0 spiro atoms. The van der Waals surface area contributed by atoms with Crippen LogP contribution in [-0.4, -0.2) is 62.0 Å². The number of hydrogen-bond acceptors (Lipinski definition) is 5. The van der Waals surface area contributed by atoms with Crippen LogP contribution in [-0.2, 0) is 12.0 Å². The summed E-state index contributed by atoms with van der Waals surface area (Å²) in [6.07, 6.45) is 0.753. The number of amides is 2. The molecule has 0 saturated carbocycles. The zero-order valence-electron chi connectivity index (χ0n) is 20.2. The first-order valence-electron chi connectivity index (χ1n) is 11.9. The molecule has 4 rings (SSSR count). The average Bonchev–Trinajstić information content (AvgIpc) is 3.27. The fourth-order valence-corrected chi connectivity index (χ4v) is 4.55. The summed E-state index contributed by atoms with van der Waals surface area (Å²) in [7, 11) is 0. The predicted molar refractivity (Wildman–Crippen MR) is 136 cm³/mol. The molecule has 2 aliphatic heterocycles. The third-order valence-corrected chi connectivity index (χ3v) is 6.78. The van der Waals surface area contributed by atoms with E-state index in [1.54, 1.807) is 0 Å². The van der Waals surface area contributed by atoms with E-state index in [0.717, 1.165) is 60.9 Å². The van der Waals surface area contributed by atoms with Gasteiger partial charge in [0.05, 0.1) is 11.1 Å². The summed E-state index contributed by atoms with van der Waals surface area (Å²) in [4.78, 5) is 16.8. The van der Waals surface area contributed by atoms with E-state index in [-0.39, 0.29) is 11.4 Å². The van der Waals surface area contributed by atoms with E-state index in [9.17, 15) is 4.79 Å². The van der Waals surface area contributed by atoms with Crippen molar-refractivity contribution in [1.29, 1.82) is 0 Å². The third-order valence-electron chi connectivity index (χ3n) is 6.16. The van der Waals surface area contributed by atoms with E-state index >= 15 is 0 Å². The minimum absolute atomic E-state index is 0.00144. The second-order valence-electron chi connectivity index (χ2n) is 9.78. The van der Waals surface area contributed by atoms with Gasteiger partial charge in [0.2, 0.25) is 6.79 Å². The summed E-state index contributed by atoms with van der Waals surface area (Å²) >= 11 is 3.61. The second-order valence-corrected chi connectivity index (χ2v) is 10.6. The number of nitrogens with one attached hydrogen (secondary N) is 1. The molecule has 1 fully saturated rings. The molecule has 1 N–H and O–H groups in total. The zero-order valence-corrected chi connectivity index (χ0v) is 21.8. The van der Waals surface area contributed by atoms with Gasteiger partial charge in [-0.25, -0.2) is 4.79 Å². The van der Waals surface area contributed by atoms with Crippen molar-refractivity contribution in [2.45, 2.75) is 39.2 Å². The molecule has 2 aromatic rings. The summed E-state index contributed by atoms with van der Waals surface area (Å²) in [5, 5.41) is 3.02. The van der Waals surface area contributed by atoms with Crippen molar-refractivity contribution < 1.29 is 19.0 Å². The molecule has 8 heteroatoms. The minimum Gasteiger partial charge on any atom is -0.492 e. The van der Waals surface area contributed by atoms with Crippen LogP contribution >= 0.6 is 15.9 Å². The highest BCUT2D eigenvalue weighted by atomic mass is 79.9. The number of piperazine rings is 1. The third kappa shape index (κ3) is 6.36. The van der Waals surface area contributed by atoms with E-state index in [2.05, 4.69) is 65.1 Å². The monoisotopic (exact) mass is 531 g/mol. The lowest BCUT2D eigenvalue weighted by Gasteiger charge is -2.34. The molecular weight excluding hydrogens is 498 g/mol. The Hall–Kier alpha value is -2.45. The van der Waals surface area contributed by atoms with Crippen molar-refractivity contribution in [3.05, 3.63) is 52.0 Å². The maximum absolute atomic E-state index is 12.5. The van der Waals surface area contributed by atoms with Crippen LogP contribution in [0.25, 0.3) is 0 Å². The van der Waals surface area contributed by atoms with Gasteiger partial charge in [-0.05, 0) is 63.2 Å². The molecule has 0 unspecified atom stereocenters. The highest BCUT2D eigenvalue weighted by molar-refractivity contribution is 9.10. The van der Waals surface area contributed by atoms with Crippen molar-refractivity contribution in [3.8, 4) is 17.2 Å². The van der Waals surface area contributed by atoms with Gasteiger partial charge in [-0.2, -0.15) is 0 Å². The quantitative estimate of drug-likeness (QED) is 0.521. The molecule has 0 aromatic heterocycles. The normalized spacial score (nSPS) is 15.9. The summed E-state index contributed by atoms with van der Waals surface area (Å²) in [6.45, 7) is 12.0. The van der Waals surface area contributed by atoms with Crippen molar-refractivity contribution in [2.75, 3.05) is 46.1 Å². The number of ether oxygens (including phenoxy) is 3. The van der Waals surface area contributed by atoms with Gasteiger partial charge < -0.3 is 24.4 Å². The van der Waals surface area contributed by atoms with Gasteiger partial charge in [0.25, 0.3) is 0 Å². The fourth-order valence-electron chi connectivity index (χ4n) is 4.05. The Morgan fingerprint density at radius 3 is 2.56 bits per heavy atom. The topological polar surface area (TPSA) is 63.3 Å². The minimum atomic E-state index is -0.00144. The number of carbonyl (C=O) groups excluding carboxylic acids is 1. The van der Waals surface area contributed by atoms with Crippen molar-refractivity contribution >= 4 is 22.0 Å². The first kappa shape index (κ1) is 24.7. The smallest absolute Gasteiger partial charge is 0.317 e. The van der Waals surface area contributed by atoms with Gasteiger partial charge in [0.1, 0.15) is 5.75 Å². The standard InChI is InChI=1S/C26H34BrN3O4/c1-26(2,3)20-6-8-22(21(27)16-20)32-14-4-9-28-25(31)30-12-10-29(11-13-30)17-19-5-7-23-24(15-19)34-18-33-23/h5-8,15-16H,4,9-14,17-18H2,1-3H3,(H,28,31). The maximum atomic E-state index is 12.5. The van der Waals surface area contributed by atoms with E-state index in [1.807, 2.05) is 23.1 Å². The van der Waals surface area contributed by atoms with Gasteiger partial charge in [0, 0.05) is 39.3 Å². The van der Waals surface area contributed by atoms with Gasteiger partial charge >= 0.3 is 6.03 Å². The molecule has 1 saturated heterocycles. The van der Waals surface area contributed by atoms with Gasteiger partial charge in [-0.1, -0.05) is 32.9 Å². The first-order valence-corrected chi connectivity index (χ1v) is 12.7. The lowest BCUT2D eigenvalue weighted by atomic mass is 9.87. The number of nitrogens with zero attached hydrogens (tertiary/aromatic N) is 2. The Labute approximate surface area is 210 Å². The highest BCUT2D eigenvalue weighted by Crippen LogP contribution is 2.33. The van der Waals surface area contributed by atoms with E-state index in [0.29, 0.717) is 19.9 Å². The largest absolute Gasteiger partial charge is 0.492 e. The Balaban J connectivity index is 1.13. The van der Waals surface area contributed by atoms with Crippen molar-refractivity contribution in [3.63, 3.8) is 0 Å². The fraction of sp³-hybridized carbons (Fsp3) is 0.500. The zero-order chi connectivity index (χ0) is 24.1. The van der Waals surface area contributed by atoms with Gasteiger partial charge in [-0.3, -0.25) is 4.90 Å². The van der Waals surface area contributed by atoms with Crippen LogP contribution in [0.1, 0.15) is 38.3 Å². The molecule has 2 heterocycles. The number of fused-ring (bicyclic) bond motifs is 1. The van der Waals surface area contributed by atoms with Crippen molar-refractivity contribution in [1.82, 2.24) is 15.1 Å². The molecular formula is C26H34BrN3O4. The summed E-state index contributed by atoms with van der Waals surface area (Å²) in [5.74, 6) is 2.45. The van der Waals surface area contributed by atoms with Crippen LogP contribution < -0.4 is 19.5 Å². The Morgan fingerprint density at radius 1 is 1.06 bits per heavy atom. The van der Waals surface area contributed by atoms with Gasteiger partial charge in [-0.15, -0.1) is 0 Å². The predicted octanol–water partition coefficient (Wildman–Crippen LogP) is 4.77. The molecule has 0 bridgehead atoms. The molecule has 0 radical (unpaired) electrons. The van der Waals surface area contributed by atoms with E-state index < -0.39 is 0 Å². The number of halogens is 1.